The van der Waals surface area contributed by atoms with Crippen LogP contribution in [0.15, 0.2) is 16.9 Å². The van der Waals surface area contributed by atoms with Crippen LogP contribution in [0.1, 0.15) is 45.9 Å². The molecule has 0 aliphatic heterocycles. The topological polar surface area (TPSA) is 43.3 Å². The summed E-state index contributed by atoms with van der Waals surface area (Å²) in [4.78, 5) is 12.7. The number of hydrogen-bond acceptors (Lipinski definition) is 3. The van der Waals surface area contributed by atoms with Gasteiger partial charge in [-0.1, -0.05) is 40.7 Å². The van der Waals surface area contributed by atoms with E-state index in [1.165, 1.54) is 0 Å². The van der Waals surface area contributed by atoms with Crippen LogP contribution in [-0.2, 0) is 23.2 Å². The highest BCUT2D eigenvalue weighted by Crippen LogP contribution is 2.21. The highest BCUT2D eigenvalue weighted by atomic mass is 16.5. The maximum absolute atomic E-state index is 12.7. The van der Waals surface area contributed by atoms with Crippen LogP contribution in [-0.4, -0.2) is 24.8 Å². The van der Waals surface area contributed by atoms with Gasteiger partial charge in [-0.2, -0.15) is 0 Å². The second-order valence-corrected chi connectivity index (χ2v) is 6.97. The summed E-state index contributed by atoms with van der Waals surface area (Å²) in [5, 5.41) is 3.34. The van der Waals surface area contributed by atoms with Gasteiger partial charge >= 0.3 is 0 Å². The van der Waals surface area contributed by atoms with Gasteiger partial charge in [0.15, 0.2) is 0 Å². The van der Waals surface area contributed by atoms with E-state index in [-0.39, 0.29) is 11.0 Å². The predicted octanol–water partition coefficient (Wildman–Crippen LogP) is 2.54. The molecule has 0 aromatic carbocycles. The minimum Gasteiger partial charge on any atom is -0.383 e. The van der Waals surface area contributed by atoms with Gasteiger partial charge in [-0.15, -0.1) is 0 Å². The van der Waals surface area contributed by atoms with Crippen molar-refractivity contribution in [3.63, 3.8) is 0 Å². The van der Waals surface area contributed by atoms with Gasteiger partial charge in [-0.3, -0.25) is 4.79 Å². The smallest absolute Gasteiger partial charge is 0.255 e. The Morgan fingerprint density at radius 3 is 2.48 bits per heavy atom. The van der Waals surface area contributed by atoms with Crippen LogP contribution in [0.25, 0.3) is 0 Å². The molecule has 0 saturated heterocycles. The summed E-state index contributed by atoms with van der Waals surface area (Å²) in [6.45, 7) is 13.4. The molecule has 1 rings (SSSR count). The van der Waals surface area contributed by atoms with Crippen molar-refractivity contribution < 1.29 is 4.74 Å². The molecule has 0 unspecified atom stereocenters. The zero-order chi connectivity index (χ0) is 16.0. The predicted molar refractivity (Wildman–Crippen MR) is 87.8 cm³/mol. The van der Waals surface area contributed by atoms with Gasteiger partial charge in [0.2, 0.25) is 0 Å². The van der Waals surface area contributed by atoms with Crippen molar-refractivity contribution in [2.75, 3.05) is 20.3 Å². The second-order valence-electron chi connectivity index (χ2n) is 6.97. The van der Waals surface area contributed by atoms with Gasteiger partial charge in [0.05, 0.1) is 6.61 Å². The lowest BCUT2D eigenvalue weighted by Gasteiger charge is -2.25. The van der Waals surface area contributed by atoms with Crippen molar-refractivity contribution in [2.45, 2.75) is 53.1 Å². The maximum atomic E-state index is 12.7. The number of nitrogens with one attached hydrogen (secondary N) is 1. The fourth-order valence-corrected chi connectivity index (χ4v) is 2.31. The number of rotatable bonds is 7. The van der Waals surface area contributed by atoms with Crippen LogP contribution >= 0.6 is 0 Å². The molecule has 1 N–H and O–H groups in total. The molecule has 1 aromatic heterocycles. The summed E-state index contributed by atoms with van der Waals surface area (Å²) in [7, 11) is 1.66. The summed E-state index contributed by atoms with van der Waals surface area (Å²) >= 11 is 0. The average Bonchev–Trinajstić information content (AvgIpc) is 2.37. The molecule has 0 fully saturated rings. The van der Waals surface area contributed by atoms with Crippen molar-refractivity contribution in [1.82, 2.24) is 9.88 Å². The lowest BCUT2D eigenvalue weighted by molar-refractivity contribution is 0.184. The Morgan fingerprint density at radius 2 is 1.95 bits per heavy atom. The van der Waals surface area contributed by atoms with Gasteiger partial charge < -0.3 is 14.6 Å². The quantitative estimate of drug-likeness (QED) is 0.840. The molecule has 120 valence electrons. The van der Waals surface area contributed by atoms with Crippen molar-refractivity contribution in [2.24, 2.45) is 5.92 Å². The van der Waals surface area contributed by atoms with Crippen LogP contribution in [0.2, 0.25) is 0 Å². The van der Waals surface area contributed by atoms with E-state index in [0.29, 0.717) is 25.6 Å². The van der Waals surface area contributed by atoms with Crippen LogP contribution in [0.3, 0.4) is 0 Å². The van der Waals surface area contributed by atoms with Crippen molar-refractivity contribution in [1.29, 1.82) is 0 Å². The molecule has 0 radical (unpaired) electrons. The van der Waals surface area contributed by atoms with Gasteiger partial charge in [-0.05, 0) is 18.5 Å². The molecular weight excluding hydrogens is 264 g/mol. The molecule has 0 aliphatic rings. The summed E-state index contributed by atoms with van der Waals surface area (Å²) in [6.07, 6.45) is 0. The Kier molecular flexibility index (Phi) is 6.62. The van der Waals surface area contributed by atoms with Gasteiger partial charge in [-0.25, -0.2) is 0 Å². The Morgan fingerprint density at radius 1 is 1.29 bits per heavy atom. The van der Waals surface area contributed by atoms with Crippen molar-refractivity contribution in [3.8, 4) is 0 Å². The molecule has 0 atom stereocenters. The van der Waals surface area contributed by atoms with E-state index in [1.54, 1.807) is 7.11 Å². The molecule has 1 heterocycles. The van der Waals surface area contributed by atoms with E-state index in [1.807, 2.05) is 10.6 Å². The molecule has 0 bridgehead atoms. The highest BCUT2D eigenvalue weighted by Gasteiger charge is 2.20. The van der Waals surface area contributed by atoms with Gasteiger partial charge in [0, 0.05) is 36.9 Å². The summed E-state index contributed by atoms with van der Waals surface area (Å²) in [5.74, 6) is 0.578. The van der Waals surface area contributed by atoms with E-state index in [9.17, 15) is 4.79 Å². The molecular formula is C17H30N2O2. The summed E-state index contributed by atoms with van der Waals surface area (Å²) in [6, 6.07) is 4.03. The van der Waals surface area contributed by atoms with Crippen molar-refractivity contribution in [3.05, 3.63) is 33.7 Å². The molecule has 0 aliphatic carbocycles. The van der Waals surface area contributed by atoms with Crippen LogP contribution in [0, 0.1) is 5.92 Å². The maximum Gasteiger partial charge on any atom is 0.255 e. The van der Waals surface area contributed by atoms with E-state index >= 15 is 0 Å². The number of nitrogens with zero attached hydrogens (tertiary/aromatic N) is 1. The van der Waals surface area contributed by atoms with E-state index in [4.69, 9.17) is 4.74 Å². The number of ether oxygens (including phenoxy) is 1. The first kappa shape index (κ1) is 17.9. The third kappa shape index (κ3) is 5.29. The normalized spacial score (nSPS) is 12.1. The molecule has 0 amide bonds. The first-order valence-corrected chi connectivity index (χ1v) is 7.70. The van der Waals surface area contributed by atoms with E-state index in [0.717, 1.165) is 17.8 Å². The van der Waals surface area contributed by atoms with Crippen LogP contribution < -0.4 is 10.9 Å². The Balaban J connectivity index is 3.06. The lowest BCUT2D eigenvalue weighted by atomic mass is 9.90. The average molecular weight is 294 g/mol. The Labute approximate surface area is 128 Å². The molecule has 21 heavy (non-hydrogen) atoms. The van der Waals surface area contributed by atoms with E-state index in [2.05, 4.69) is 46.0 Å². The first-order chi connectivity index (χ1) is 9.77. The standard InChI is InChI=1S/C17H30N2O2/c1-13(2)11-18-12-14-7-8-15(17(3,4)5)19(16(14)20)9-10-21-6/h7-8,13,18H,9-12H2,1-6H3. The number of hydrogen-bond donors (Lipinski definition) is 1. The molecule has 4 nitrogen and oxygen atoms in total. The second kappa shape index (κ2) is 7.76. The lowest BCUT2D eigenvalue weighted by Crippen LogP contribution is -2.34. The van der Waals surface area contributed by atoms with Gasteiger partial charge in [0.1, 0.15) is 0 Å². The minimum atomic E-state index is -0.0587. The van der Waals surface area contributed by atoms with Gasteiger partial charge in [0.25, 0.3) is 5.56 Å². The van der Waals surface area contributed by atoms with Crippen molar-refractivity contribution >= 4 is 0 Å². The monoisotopic (exact) mass is 294 g/mol. The number of methoxy groups -OCH3 is 1. The summed E-state index contributed by atoms with van der Waals surface area (Å²) < 4.78 is 7.00. The third-order valence-corrected chi connectivity index (χ3v) is 3.41. The number of pyridine rings is 1. The third-order valence-electron chi connectivity index (χ3n) is 3.41. The largest absolute Gasteiger partial charge is 0.383 e. The molecule has 0 saturated carbocycles. The molecule has 4 heteroatoms. The zero-order valence-electron chi connectivity index (χ0n) is 14.3. The Hall–Kier alpha value is -1.13. The Bertz CT molecular complexity index is 498. The number of aromatic nitrogens is 1. The zero-order valence-corrected chi connectivity index (χ0v) is 14.3. The first-order valence-electron chi connectivity index (χ1n) is 7.70. The molecule has 0 spiro atoms. The van der Waals surface area contributed by atoms with Crippen LogP contribution in [0.5, 0.6) is 0 Å². The minimum absolute atomic E-state index is 0.0587. The van der Waals surface area contributed by atoms with Crippen LogP contribution in [0.4, 0.5) is 0 Å². The fraction of sp³-hybridized carbons (Fsp3) is 0.706. The molecule has 1 aromatic rings. The SMILES string of the molecule is COCCn1c(C(C)(C)C)ccc(CNCC(C)C)c1=O. The van der Waals surface area contributed by atoms with E-state index < -0.39 is 0 Å². The fourth-order valence-electron chi connectivity index (χ4n) is 2.31. The highest BCUT2D eigenvalue weighted by molar-refractivity contribution is 5.21. The summed E-state index contributed by atoms with van der Waals surface area (Å²) in [5.41, 5.74) is 1.91.